The van der Waals surface area contributed by atoms with Crippen molar-refractivity contribution in [2.75, 3.05) is 6.54 Å². The Labute approximate surface area is 120 Å². The Hall–Kier alpha value is -2.04. The minimum Gasteiger partial charge on any atom is -0.409 e. The summed E-state index contributed by atoms with van der Waals surface area (Å²) < 4.78 is 0. The van der Waals surface area contributed by atoms with Crippen LogP contribution in [0.3, 0.4) is 0 Å². The largest absolute Gasteiger partial charge is 0.409 e. The minimum absolute atomic E-state index is 0.00912. The maximum Gasteiger partial charge on any atom is 0.223 e. The van der Waals surface area contributed by atoms with Crippen molar-refractivity contribution in [3.63, 3.8) is 0 Å². The zero-order valence-corrected chi connectivity index (χ0v) is 12.3. The first-order valence-corrected chi connectivity index (χ1v) is 6.76. The third kappa shape index (κ3) is 4.57. The van der Waals surface area contributed by atoms with E-state index in [2.05, 4.69) is 5.16 Å². The lowest BCUT2D eigenvalue weighted by Crippen LogP contribution is -2.43. The lowest BCUT2D eigenvalue weighted by Gasteiger charge is -2.26. The SMILES string of the molecule is Cc1ccccc1CCC(=O)N(CC(N)=NO)C(C)C. The Morgan fingerprint density at radius 1 is 1.40 bits per heavy atom. The third-order valence-corrected chi connectivity index (χ3v) is 3.27. The molecule has 0 aliphatic carbocycles. The van der Waals surface area contributed by atoms with Gasteiger partial charge in [0.2, 0.25) is 5.91 Å². The second-order valence-electron chi connectivity index (χ2n) is 5.13. The van der Waals surface area contributed by atoms with Gasteiger partial charge in [-0.1, -0.05) is 29.4 Å². The number of hydrogen-bond donors (Lipinski definition) is 2. The van der Waals surface area contributed by atoms with Crippen LogP contribution in [0.1, 0.15) is 31.4 Å². The number of carbonyl (C=O) groups excluding carboxylic acids is 1. The van der Waals surface area contributed by atoms with Crippen molar-refractivity contribution in [3.8, 4) is 0 Å². The number of benzene rings is 1. The molecule has 0 spiro atoms. The highest BCUT2D eigenvalue weighted by atomic mass is 16.4. The monoisotopic (exact) mass is 277 g/mol. The average Bonchev–Trinajstić information content (AvgIpc) is 2.42. The van der Waals surface area contributed by atoms with E-state index in [1.165, 1.54) is 11.1 Å². The number of rotatable bonds is 6. The molecular formula is C15H23N3O2. The molecule has 1 aromatic carbocycles. The number of carbonyl (C=O) groups is 1. The molecule has 0 heterocycles. The predicted octanol–water partition coefficient (Wildman–Crippen LogP) is 1.91. The van der Waals surface area contributed by atoms with Gasteiger partial charge in [0.15, 0.2) is 5.84 Å². The van der Waals surface area contributed by atoms with Gasteiger partial charge in [-0.3, -0.25) is 4.79 Å². The molecule has 0 radical (unpaired) electrons. The van der Waals surface area contributed by atoms with E-state index in [0.29, 0.717) is 12.8 Å². The topological polar surface area (TPSA) is 78.9 Å². The van der Waals surface area contributed by atoms with Crippen LogP contribution in [0.2, 0.25) is 0 Å². The van der Waals surface area contributed by atoms with Crippen molar-refractivity contribution in [3.05, 3.63) is 35.4 Å². The Morgan fingerprint density at radius 3 is 2.60 bits per heavy atom. The van der Waals surface area contributed by atoms with Gasteiger partial charge in [-0.2, -0.15) is 0 Å². The third-order valence-electron chi connectivity index (χ3n) is 3.27. The summed E-state index contributed by atoms with van der Waals surface area (Å²) in [5.41, 5.74) is 7.85. The Kier molecular flexibility index (Phi) is 6.03. The number of nitrogens with zero attached hydrogens (tertiary/aromatic N) is 2. The molecule has 0 fully saturated rings. The summed E-state index contributed by atoms with van der Waals surface area (Å²) in [7, 11) is 0. The first-order valence-electron chi connectivity index (χ1n) is 6.76. The molecule has 110 valence electrons. The van der Waals surface area contributed by atoms with E-state index >= 15 is 0 Å². The van der Waals surface area contributed by atoms with E-state index in [9.17, 15) is 4.79 Å². The number of aryl methyl sites for hydroxylation is 2. The van der Waals surface area contributed by atoms with Gasteiger partial charge in [0.05, 0.1) is 6.54 Å². The van der Waals surface area contributed by atoms with Crippen LogP contribution < -0.4 is 5.73 Å². The van der Waals surface area contributed by atoms with E-state index in [1.807, 2.05) is 45.0 Å². The molecule has 0 aliphatic heterocycles. The number of amides is 1. The van der Waals surface area contributed by atoms with Crippen molar-refractivity contribution in [1.82, 2.24) is 4.90 Å². The number of amidine groups is 1. The van der Waals surface area contributed by atoms with Crippen molar-refractivity contribution >= 4 is 11.7 Å². The summed E-state index contributed by atoms with van der Waals surface area (Å²) in [6.07, 6.45) is 1.12. The molecule has 0 bridgehead atoms. The summed E-state index contributed by atoms with van der Waals surface area (Å²) in [5, 5.41) is 11.5. The molecule has 0 unspecified atom stereocenters. The smallest absolute Gasteiger partial charge is 0.223 e. The molecule has 0 aliphatic rings. The highest BCUT2D eigenvalue weighted by Crippen LogP contribution is 2.11. The van der Waals surface area contributed by atoms with Gasteiger partial charge < -0.3 is 15.8 Å². The van der Waals surface area contributed by atoms with Gasteiger partial charge in [0, 0.05) is 12.5 Å². The lowest BCUT2D eigenvalue weighted by atomic mass is 10.0. The van der Waals surface area contributed by atoms with Gasteiger partial charge in [-0.05, 0) is 38.3 Å². The zero-order chi connectivity index (χ0) is 15.1. The summed E-state index contributed by atoms with van der Waals surface area (Å²) in [4.78, 5) is 13.9. The van der Waals surface area contributed by atoms with Crippen LogP contribution in [0, 0.1) is 6.92 Å². The van der Waals surface area contributed by atoms with Crippen LogP contribution in [-0.4, -0.2) is 34.4 Å². The summed E-state index contributed by atoms with van der Waals surface area (Å²) in [6, 6.07) is 8.05. The average molecular weight is 277 g/mol. The molecule has 5 nitrogen and oxygen atoms in total. The van der Waals surface area contributed by atoms with Gasteiger partial charge >= 0.3 is 0 Å². The number of hydrogen-bond acceptors (Lipinski definition) is 3. The van der Waals surface area contributed by atoms with E-state index in [1.54, 1.807) is 4.90 Å². The van der Waals surface area contributed by atoms with Crippen LogP contribution in [0.4, 0.5) is 0 Å². The summed E-state index contributed by atoms with van der Waals surface area (Å²) in [5.74, 6) is 0.0535. The van der Waals surface area contributed by atoms with Crippen molar-refractivity contribution in [1.29, 1.82) is 0 Å². The van der Waals surface area contributed by atoms with Crippen LogP contribution >= 0.6 is 0 Å². The first kappa shape index (κ1) is 16.0. The molecule has 0 saturated heterocycles. The van der Waals surface area contributed by atoms with Crippen LogP contribution in [-0.2, 0) is 11.2 Å². The van der Waals surface area contributed by atoms with E-state index in [-0.39, 0.29) is 24.3 Å². The second-order valence-corrected chi connectivity index (χ2v) is 5.13. The quantitative estimate of drug-likeness (QED) is 0.361. The Bertz CT molecular complexity index is 484. The Balaban J connectivity index is 2.65. The fourth-order valence-electron chi connectivity index (χ4n) is 2.04. The van der Waals surface area contributed by atoms with Crippen molar-refractivity contribution < 1.29 is 10.0 Å². The molecular weight excluding hydrogens is 254 g/mol. The number of nitrogens with two attached hydrogens (primary N) is 1. The maximum atomic E-state index is 12.3. The van der Waals surface area contributed by atoms with Crippen molar-refractivity contribution in [2.45, 2.75) is 39.7 Å². The van der Waals surface area contributed by atoms with Gasteiger partial charge in [0.1, 0.15) is 0 Å². The summed E-state index contributed by atoms with van der Waals surface area (Å²) in [6.45, 7) is 6.02. The van der Waals surface area contributed by atoms with Crippen LogP contribution in [0.5, 0.6) is 0 Å². The molecule has 1 amide bonds. The summed E-state index contributed by atoms with van der Waals surface area (Å²) >= 11 is 0. The molecule has 20 heavy (non-hydrogen) atoms. The Morgan fingerprint density at radius 2 is 2.05 bits per heavy atom. The molecule has 3 N–H and O–H groups in total. The molecule has 0 atom stereocenters. The van der Waals surface area contributed by atoms with Gasteiger partial charge in [-0.15, -0.1) is 0 Å². The predicted molar refractivity (Wildman–Crippen MR) is 79.8 cm³/mol. The van der Waals surface area contributed by atoms with Crippen molar-refractivity contribution in [2.24, 2.45) is 10.9 Å². The molecule has 0 aromatic heterocycles. The fourth-order valence-corrected chi connectivity index (χ4v) is 2.04. The zero-order valence-electron chi connectivity index (χ0n) is 12.3. The lowest BCUT2D eigenvalue weighted by molar-refractivity contribution is -0.132. The minimum atomic E-state index is 0.00912. The highest BCUT2D eigenvalue weighted by molar-refractivity contribution is 5.87. The molecule has 1 aromatic rings. The molecule has 1 rings (SSSR count). The first-order chi connectivity index (χ1) is 9.45. The number of oxime groups is 1. The fraction of sp³-hybridized carbons (Fsp3) is 0.467. The van der Waals surface area contributed by atoms with E-state index in [4.69, 9.17) is 10.9 Å². The highest BCUT2D eigenvalue weighted by Gasteiger charge is 2.18. The van der Waals surface area contributed by atoms with Gasteiger partial charge in [0.25, 0.3) is 0 Å². The molecule has 0 saturated carbocycles. The van der Waals surface area contributed by atoms with E-state index < -0.39 is 0 Å². The second kappa shape index (κ2) is 7.53. The van der Waals surface area contributed by atoms with Gasteiger partial charge in [-0.25, -0.2) is 0 Å². The van der Waals surface area contributed by atoms with Crippen LogP contribution in [0.15, 0.2) is 29.4 Å². The standard InChI is InChI=1S/C15H23N3O2/c1-11(2)18(10-14(16)17-20)15(19)9-8-13-7-5-4-6-12(13)3/h4-7,11,20H,8-10H2,1-3H3,(H2,16,17). The van der Waals surface area contributed by atoms with E-state index in [0.717, 1.165) is 0 Å². The maximum absolute atomic E-state index is 12.3. The molecule has 5 heteroatoms. The normalized spacial score (nSPS) is 11.7. The van der Waals surface area contributed by atoms with Crippen LogP contribution in [0.25, 0.3) is 0 Å².